The van der Waals surface area contributed by atoms with Gasteiger partial charge in [-0.25, -0.2) is 21.1 Å². The van der Waals surface area contributed by atoms with E-state index in [0.29, 0.717) is 0 Å². The van der Waals surface area contributed by atoms with Gasteiger partial charge in [0.1, 0.15) is 17.3 Å². The summed E-state index contributed by atoms with van der Waals surface area (Å²) in [7, 11) is -3.70. The molecular formula is C7H17NO5S3. The average Bonchev–Trinajstić information content (AvgIpc) is 2.10. The topological polar surface area (TPSA) is 94.6 Å². The molecule has 0 N–H and O–H groups in total. The predicted molar refractivity (Wildman–Crippen MR) is 65.1 cm³/mol. The molecule has 0 saturated carbocycles. The maximum Gasteiger partial charge on any atom is 0.218 e. The van der Waals surface area contributed by atoms with Gasteiger partial charge in [0.05, 0.1) is 5.75 Å². The van der Waals surface area contributed by atoms with Crippen LogP contribution in [0.25, 0.3) is 0 Å². The highest BCUT2D eigenvalue weighted by Crippen LogP contribution is 1.99. The van der Waals surface area contributed by atoms with Gasteiger partial charge in [0.25, 0.3) is 0 Å². The highest BCUT2D eigenvalue weighted by atomic mass is 32.2. The minimum absolute atomic E-state index is 0.0121. The van der Waals surface area contributed by atoms with Gasteiger partial charge in [-0.1, -0.05) is 11.2 Å². The van der Waals surface area contributed by atoms with Gasteiger partial charge >= 0.3 is 0 Å². The molecular weight excluding hydrogens is 274 g/mol. The summed E-state index contributed by atoms with van der Waals surface area (Å²) in [5, 5.41) is 0. The van der Waals surface area contributed by atoms with Crippen molar-refractivity contribution in [1.29, 1.82) is 0 Å². The quantitative estimate of drug-likeness (QED) is 0.542. The lowest BCUT2D eigenvalue weighted by Crippen LogP contribution is -2.30. The molecule has 0 aromatic rings. The largest absolute Gasteiger partial charge is 0.616 e. The molecule has 0 bridgehead atoms. The van der Waals surface area contributed by atoms with Crippen molar-refractivity contribution in [1.82, 2.24) is 4.31 Å². The van der Waals surface area contributed by atoms with Crippen molar-refractivity contribution in [3.63, 3.8) is 0 Å². The lowest BCUT2D eigenvalue weighted by Gasteiger charge is -2.13. The summed E-state index contributed by atoms with van der Waals surface area (Å²) in [6.07, 6.45) is 1.06. The Kier molecular flexibility index (Phi) is 6.26. The van der Waals surface area contributed by atoms with Gasteiger partial charge in [0.15, 0.2) is 9.84 Å². The second-order valence-corrected chi connectivity index (χ2v) is 9.83. The van der Waals surface area contributed by atoms with Crippen LogP contribution in [0, 0.1) is 0 Å². The van der Waals surface area contributed by atoms with Crippen molar-refractivity contribution in [3.05, 3.63) is 0 Å². The second-order valence-electron chi connectivity index (χ2n) is 3.58. The first-order valence-corrected chi connectivity index (χ1v) is 9.63. The second kappa shape index (κ2) is 6.20. The van der Waals surface area contributed by atoms with E-state index in [2.05, 4.69) is 0 Å². The van der Waals surface area contributed by atoms with E-state index in [4.69, 9.17) is 0 Å². The zero-order valence-electron chi connectivity index (χ0n) is 9.54. The SMILES string of the molecule is CN(C)S(=O)(=O)CC[S+]([O-])CCS(C)(=O)=O. The smallest absolute Gasteiger partial charge is 0.218 e. The minimum atomic E-state index is -3.36. The molecule has 0 aromatic heterocycles. The van der Waals surface area contributed by atoms with Gasteiger partial charge in [0, 0.05) is 20.4 Å². The number of nitrogens with zero attached hydrogens (tertiary/aromatic N) is 1. The third-order valence-corrected chi connectivity index (χ3v) is 6.42. The highest BCUT2D eigenvalue weighted by Gasteiger charge is 2.19. The van der Waals surface area contributed by atoms with E-state index in [1.165, 1.54) is 14.1 Å². The van der Waals surface area contributed by atoms with Crippen molar-refractivity contribution in [2.75, 3.05) is 43.4 Å². The van der Waals surface area contributed by atoms with Crippen molar-refractivity contribution < 1.29 is 21.4 Å². The molecule has 0 spiro atoms. The number of sulfone groups is 1. The number of hydrogen-bond donors (Lipinski definition) is 0. The Morgan fingerprint density at radius 3 is 1.88 bits per heavy atom. The monoisotopic (exact) mass is 291 g/mol. The summed E-state index contributed by atoms with van der Waals surface area (Å²) >= 11 is -1.41. The Morgan fingerprint density at radius 2 is 1.50 bits per heavy atom. The summed E-state index contributed by atoms with van der Waals surface area (Å²) in [4.78, 5) is 0. The van der Waals surface area contributed by atoms with Gasteiger partial charge in [-0.15, -0.1) is 0 Å². The Bertz CT molecular complexity index is 400. The van der Waals surface area contributed by atoms with Crippen LogP contribution in [-0.4, -0.2) is 69.1 Å². The van der Waals surface area contributed by atoms with Crippen LogP contribution < -0.4 is 0 Å². The standard InChI is InChI=1S/C7H17NO5S3/c1-8(2)16(12,13)7-5-14(9)4-6-15(3,10)11/h4-7H2,1-3H3. The van der Waals surface area contributed by atoms with Crippen LogP contribution in [-0.2, 0) is 31.0 Å². The molecule has 0 amide bonds. The maximum absolute atomic E-state index is 11.3. The number of hydrogen-bond acceptors (Lipinski definition) is 5. The molecule has 0 aliphatic rings. The Hall–Kier alpha value is 0.170. The van der Waals surface area contributed by atoms with Crippen molar-refractivity contribution in [2.45, 2.75) is 0 Å². The Morgan fingerprint density at radius 1 is 1.06 bits per heavy atom. The fraction of sp³-hybridized carbons (Fsp3) is 1.00. The van der Waals surface area contributed by atoms with Gasteiger partial charge in [-0.05, 0) is 0 Å². The van der Waals surface area contributed by atoms with E-state index in [-0.39, 0.29) is 23.0 Å². The molecule has 1 atom stereocenters. The zero-order valence-corrected chi connectivity index (χ0v) is 12.0. The third-order valence-electron chi connectivity index (χ3n) is 1.81. The van der Waals surface area contributed by atoms with E-state index in [1.807, 2.05) is 0 Å². The molecule has 0 fully saturated rings. The molecule has 0 rings (SSSR count). The average molecular weight is 291 g/mol. The Labute approximate surface area is 100 Å². The van der Waals surface area contributed by atoms with Gasteiger partial charge in [-0.2, -0.15) is 0 Å². The van der Waals surface area contributed by atoms with Crippen LogP contribution in [0.5, 0.6) is 0 Å². The van der Waals surface area contributed by atoms with Crippen molar-refractivity contribution in [3.8, 4) is 0 Å². The van der Waals surface area contributed by atoms with E-state index in [9.17, 15) is 21.4 Å². The number of sulfonamides is 1. The molecule has 0 saturated heterocycles. The molecule has 98 valence electrons. The van der Waals surface area contributed by atoms with E-state index in [1.54, 1.807) is 0 Å². The summed E-state index contributed by atoms with van der Waals surface area (Å²) in [6, 6.07) is 0. The predicted octanol–water partition coefficient (Wildman–Crippen LogP) is -1.33. The first-order chi connectivity index (χ1) is 7.04. The van der Waals surface area contributed by atoms with Crippen LogP contribution in [0.4, 0.5) is 0 Å². The Balaban J connectivity index is 4.05. The van der Waals surface area contributed by atoms with Crippen LogP contribution in [0.1, 0.15) is 0 Å². The summed E-state index contributed by atoms with van der Waals surface area (Å²) in [5.41, 5.74) is 0. The molecule has 16 heavy (non-hydrogen) atoms. The fourth-order valence-corrected chi connectivity index (χ4v) is 4.84. The lowest BCUT2D eigenvalue weighted by molar-refractivity contribution is 0.521. The van der Waals surface area contributed by atoms with E-state index >= 15 is 0 Å². The molecule has 0 aliphatic heterocycles. The fourth-order valence-electron chi connectivity index (χ4n) is 0.727. The summed E-state index contributed by atoms with van der Waals surface area (Å²) in [5.74, 6) is -0.449. The summed E-state index contributed by atoms with van der Waals surface area (Å²) < 4.78 is 56.6. The molecule has 6 nitrogen and oxygen atoms in total. The van der Waals surface area contributed by atoms with E-state index in [0.717, 1.165) is 10.6 Å². The van der Waals surface area contributed by atoms with Crippen molar-refractivity contribution in [2.24, 2.45) is 0 Å². The molecule has 0 aliphatic carbocycles. The number of rotatable bonds is 7. The molecule has 1 unspecified atom stereocenters. The van der Waals surface area contributed by atoms with Crippen LogP contribution in [0.3, 0.4) is 0 Å². The van der Waals surface area contributed by atoms with Gasteiger partial charge in [0.2, 0.25) is 10.0 Å². The molecule has 0 heterocycles. The summed E-state index contributed by atoms with van der Waals surface area (Å²) in [6.45, 7) is 0. The van der Waals surface area contributed by atoms with Gasteiger partial charge < -0.3 is 4.55 Å². The highest BCUT2D eigenvalue weighted by molar-refractivity contribution is 7.96. The lowest BCUT2D eigenvalue weighted by atomic mass is 10.9. The van der Waals surface area contributed by atoms with Crippen LogP contribution >= 0.6 is 0 Å². The first kappa shape index (κ1) is 16.2. The normalized spacial score (nSPS) is 15.3. The molecule has 0 radical (unpaired) electrons. The van der Waals surface area contributed by atoms with Crippen molar-refractivity contribution >= 4 is 31.0 Å². The molecule has 0 aromatic carbocycles. The zero-order chi connectivity index (χ0) is 13.0. The first-order valence-electron chi connectivity index (χ1n) is 4.47. The maximum atomic E-state index is 11.3. The van der Waals surface area contributed by atoms with Crippen LogP contribution in [0.2, 0.25) is 0 Å². The third kappa shape index (κ3) is 7.44. The van der Waals surface area contributed by atoms with Gasteiger partial charge in [-0.3, -0.25) is 0 Å². The molecule has 9 heteroatoms. The van der Waals surface area contributed by atoms with E-state index < -0.39 is 31.0 Å². The van der Waals surface area contributed by atoms with Crippen LogP contribution in [0.15, 0.2) is 0 Å². The minimum Gasteiger partial charge on any atom is -0.616 e.